The minimum absolute atomic E-state index is 0.157. The van der Waals surface area contributed by atoms with E-state index in [-0.39, 0.29) is 11.6 Å². The van der Waals surface area contributed by atoms with Gasteiger partial charge in [-0.15, -0.1) is 0 Å². The summed E-state index contributed by atoms with van der Waals surface area (Å²) in [7, 11) is 1.64. The van der Waals surface area contributed by atoms with Crippen molar-refractivity contribution < 1.29 is 18.8 Å². The van der Waals surface area contributed by atoms with E-state index in [1.54, 1.807) is 25.3 Å². The van der Waals surface area contributed by atoms with Gasteiger partial charge in [0, 0.05) is 18.4 Å². The largest absolute Gasteiger partial charge is 0.497 e. The summed E-state index contributed by atoms with van der Waals surface area (Å²) in [5, 5.41) is 2.67. The third kappa shape index (κ3) is 4.32. The van der Waals surface area contributed by atoms with E-state index >= 15 is 0 Å². The molecule has 5 heteroatoms. The first-order chi connectivity index (χ1) is 11.7. The quantitative estimate of drug-likeness (QED) is 0.816. The number of rotatable bonds is 7. The topological polar surface area (TPSA) is 42.8 Å². The molecule has 0 spiro atoms. The molecule has 126 valence electrons. The fourth-order valence-electron chi connectivity index (χ4n) is 2.81. The van der Waals surface area contributed by atoms with Crippen LogP contribution in [0.2, 0.25) is 0 Å². The van der Waals surface area contributed by atoms with Crippen LogP contribution in [0, 0.1) is 5.82 Å². The molecule has 3 rings (SSSR count). The first-order valence-corrected chi connectivity index (χ1v) is 8.17. The van der Waals surface area contributed by atoms with Crippen molar-refractivity contribution in [2.75, 3.05) is 19.0 Å². The molecule has 0 aromatic heterocycles. The number of nitrogens with one attached hydrogen (secondary N) is 2. The van der Waals surface area contributed by atoms with E-state index in [1.165, 1.54) is 11.0 Å². The number of carbonyl (C=O) groups excluding carboxylic acids is 1. The Kier molecular flexibility index (Phi) is 5.11. The third-order valence-corrected chi connectivity index (χ3v) is 4.28. The average Bonchev–Trinajstić information content (AvgIpc) is 3.42. The van der Waals surface area contributed by atoms with Gasteiger partial charge in [0.1, 0.15) is 18.1 Å². The smallest absolute Gasteiger partial charge is 0.279 e. The number of hydrogen-bond donors (Lipinski definition) is 2. The Hall–Kier alpha value is -2.40. The monoisotopic (exact) mass is 329 g/mol. The second-order valence-electron chi connectivity index (χ2n) is 6.16. The molecule has 1 aliphatic rings. The molecule has 0 radical (unpaired) electrons. The zero-order valence-corrected chi connectivity index (χ0v) is 13.7. The van der Waals surface area contributed by atoms with Gasteiger partial charge in [-0.05, 0) is 36.4 Å². The SMILES string of the molecule is COc1ccc(C[NH+](CC(=O)Nc2ccccc2F)C2CC2)cc1. The van der Waals surface area contributed by atoms with Gasteiger partial charge in [0.15, 0.2) is 6.54 Å². The van der Waals surface area contributed by atoms with E-state index in [0.717, 1.165) is 30.7 Å². The zero-order chi connectivity index (χ0) is 16.9. The lowest BCUT2D eigenvalue weighted by atomic mass is 10.2. The molecule has 0 aliphatic heterocycles. The molecule has 4 nitrogen and oxygen atoms in total. The predicted molar refractivity (Wildman–Crippen MR) is 90.6 cm³/mol. The molecule has 2 aromatic carbocycles. The zero-order valence-electron chi connectivity index (χ0n) is 13.7. The lowest BCUT2D eigenvalue weighted by molar-refractivity contribution is -0.916. The maximum atomic E-state index is 13.6. The molecule has 1 amide bonds. The minimum Gasteiger partial charge on any atom is -0.497 e. The van der Waals surface area contributed by atoms with E-state index in [1.807, 2.05) is 24.3 Å². The highest BCUT2D eigenvalue weighted by atomic mass is 19.1. The van der Waals surface area contributed by atoms with Crippen molar-refractivity contribution in [1.29, 1.82) is 0 Å². The van der Waals surface area contributed by atoms with E-state index in [2.05, 4.69) is 5.32 Å². The number of anilines is 1. The van der Waals surface area contributed by atoms with E-state index in [9.17, 15) is 9.18 Å². The summed E-state index contributed by atoms with van der Waals surface area (Å²) in [6, 6.07) is 14.7. The van der Waals surface area contributed by atoms with Gasteiger partial charge in [-0.1, -0.05) is 12.1 Å². The van der Waals surface area contributed by atoms with Crippen LogP contribution < -0.4 is 15.0 Å². The van der Waals surface area contributed by atoms with E-state index < -0.39 is 5.82 Å². The normalized spacial score (nSPS) is 14.9. The molecule has 24 heavy (non-hydrogen) atoms. The van der Waals surface area contributed by atoms with Crippen molar-refractivity contribution in [1.82, 2.24) is 0 Å². The number of amides is 1. The number of ether oxygens (including phenoxy) is 1. The van der Waals surface area contributed by atoms with Crippen molar-refractivity contribution in [3.63, 3.8) is 0 Å². The molecule has 2 aromatic rings. The second kappa shape index (κ2) is 7.45. The third-order valence-electron chi connectivity index (χ3n) is 4.28. The molecule has 1 atom stereocenters. The van der Waals surface area contributed by atoms with Crippen molar-refractivity contribution in [3.8, 4) is 5.75 Å². The Morgan fingerprint density at radius 2 is 1.92 bits per heavy atom. The van der Waals surface area contributed by atoms with Crippen LogP contribution in [0.5, 0.6) is 5.75 Å². The van der Waals surface area contributed by atoms with Gasteiger partial charge in [0.05, 0.1) is 18.8 Å². The Balaban J connectivity index is 1.61. The number of methoxy groups -OCH3 is 1. The van der Waals surface area contributed by atoms with Crippen LogP contribution in [-0.4, -0.2) is 25.6 Å². The highest BCUT2D eigenvalue weighted by molar-refractivity contribution is 5.91. The Bertz CT molecular complexity index is 699. The number of benzene rings is 2. The Morgan fingerprint density at radius 3 is 2.54 bits per heavy atom. The number of quaternary nitrogens is 1. The number of hydrogen-bond acceptors (Lipinski definition) is 2. The van der Waals surface area contributed by atoms with E-state index in [4.69, 9.17) is 4.74 Å². The molecule has 1 saturated carbocycles. The molecule has 1 unspecified atom stereocenters. The van der Waals surface area contributed by atoms with Crippen molar-refractivity contribution >= 4 is 11.6 Å². The molecule has 0 bridgehead atoms. The fourth-order valence-corrected chi connectivity index (χ4v) is 2.81. The highest BCUT2D eigenvalue weighted by Crippen LogP contribution is 2.17. The number of carbonyl (C=O) groups is 1. The molecule has 0 heterocycles. The van der Waals surface area contributed by atoms with Crippen LogP contribution in [0.1, 0.15) is 18.4 Å². The maximum Gasteiger partial charge on any atom is 0.279 e. The van der Waals surface area contributed by atoms with Crippen LogP contribution in [0.25, 0.3) is 0 Å². The summed E-state index contributed by atoms with van der Waals surface area (Å²) >= 11 is 0. The maximum absolute atomic E-state index is 13.6. The van der Waals surface area contributed by atoms with Gasteiger partial charge in [0.25, 0.3) is 5.91 Å². The van der Waals surface area contributed by atoms with Crippen LogP contribution in [0.3, 0.4) is 0 Å². The summed E-state index contributed by atoms with van der Waals surface area (Å²) in [4.78, 5) is 13.5. The van der Waals surface area contributed by atoms with Gasteiger partial charge in [-0.2, -0.15) is 0 Å². The second-order valence-corrected chi connectivity index (χ2v) is 6.16. The summed E-state index contributed by atoms with van der Waals surface area (Å²) in [5.74, 6) is 0.258. The van der Waals surface area contributed by atoms with Gasteiger partial charge in [-0.25, -0.2) is 4.39 Å². The first kappa shape index (κ1) is 16.5. The molecule has 1 fully saturated rings. The van der Waals surface area contributed by atoms with Crippen molar-refractivity contribution in [3.05, 3.63) is 59.9 Å². The molecule has 1 aliphatic carbocycles. The average molecular weight is 329 g/mol. The molecule has 0 saturated heterocycles. The van der Waals surface area contributed by atoms with Crippen LogP contribution in [0.15, 0.2) is 48.5 Å². The Labute approximate surface area is 141 Å². The predicted octanol–water partition coefficient (Wildman–Crippen LogP) is 2.02. The Morgan fingerprint density at radius 1 is 1.21 bits per heavy atom. The summed E-state index contributed by atoms with van der Waals surface area (Å²) < 4.78 is 18.8. The van der Waals surface area contributed by atoms with Crippen LogP contribution >= 0.6 is 0 Å². The minimum atomic E-state index is -0.408. The standard InChI is InChI=1S/C19H21FN2O2/c1-24-16-10-6-14(7-11-16)12-22(15-8-9-15)13-19(23)21-18-5-3-2-4-17(18)20/h2-7,10-11,15H,8-9,12-13H2,1H3,(H,21,23)/p+1. The van der Waals surface area contributed by atoms with Crippen molar-refractivity contribution in [2.45, 2.75) is 25.4 Å². The summed E-state index contributed by atoms with van der Waals surface area (Å²) in [6.45, 7) is 1.12. The molecular formula is C19H22FN2O2+. The fraction of sp³-hybridized carbons (Fsp3) is 0.316. The number of halogens is 1. The molecular weight excluding hydrogens is 307 g/mol. The van der Waals surface area contributed by atoms with Gasteiger partial charge in [-0.3, -0.25) is 4.79 Å². The summed E-state index contributed by atoms with van der Waals surface area (Å²) in [6.07, 6.45) is 2.27. The lowest BCUT2D eigenvalue weighted by Gasteiger charge is -2.19. The van der Waals surface area contributed by atoms with Crippen LogP contribution in [-0.2, 0) is 11.3 Å². The van der Waals surface area contributed by atoms with Gasteiger partial charge >= 0.3 is 0 Å². The lowest BCUT2D eigenvalue weighted by Crippen LogP contribution is -3.13. The first-order valence-electron chi connectivity index (χ1n) is 8.17. The van der Waals surface area contributed by atoms with Gasteiger partial charge < -0.3 is 15.0 Å². The van der Waals surface area contributed by atoms with E-state index in [0.29, 0.717) is 12.6 Å². The van der Waals surface area contributed by atoms with Crippen molar-refractivity contribution in [2.24, 2.45) is 0 Å². The van der Waals surface area contributed by atoms with Crippen LogP contribution in [0.4, 0.5) is 10.1 Å². The molecule has 2 N–H and O–H groups in total. The highest BCUT2D eigenvalue weighted by Gasteiger charge is 2.34. The number of para-hydroxylation sites is 1. The summed E-state index contributed by atoms with van der Waals surface area (Å²) in [5.41, 5.74) is 1.40. The van der Waals surface area contributed by atoms with Gasteiger partial charge in [0.2, 0.25) is 0 Å².